The highest BCUT2D eigenvalue weighted by Gasteiger charge is 2.34. The number of aliphatic imine (C=N–C) groups is 1. The van der Waals surface area contributed by atoms with Gasteiger partial charge in [-0.15, -0.1) is 0 Å². The molecule has 0 saturated carbocycles. The second-order valence-electron chi connectivity index (χ2n) is 7.50. The molecule has 1 atom stereocenters. The molecule has 2 rings (SSSR count). The number of rotatable bonds is 10. The van der Waals surface area contributed by atoms with Crippen molar-refractivity contribution in [2.75, 3.05) is 32.9 Å². The molecule has 1 saturated heterocycles. The Morgan fingerprint density at radius 1 is 1.26 bits per heavy atom. The second-order valence-corrected chi connectivity index (χ2v) is 7.50. The van der Waals surface area contributed by atoms with E-state index in [1.807, 2.05) is 13.8 Å². The van der Waals surface area contributed by atoms with Crippen LogP contribution in [0.2, 0.25) is 0 Å². The van der Waals surface area contributed by atoms with E-state index in [-0.39, 0.29) is 18.1 Å². The number of hydrogen-bond donors (Lipinski definition) is 3. The molecule has 1 aliphatic rings. The number of ether oxygens (including phenoxy) is 2. The number of nitrogens with zero attached hydrogens (tertiary/aromatic N) is 1. The van der Waals surface area contributed by atoms with E-state index in [0.29, 0.717) is 19.8 Å². The van der Waals surface area contributed by atoms with Crippen LogP contribution in [-0.4, -0.2) is 50.1 Å². The maximum absolute atomic E-state index is 9.37. The van der Waals surface area contributed by atoms with Gasteiger partial charge in [0.15, 0.2) is 5.96 Å². The van der Waals surface area contributed by atoms with Crippen LogP contribution in [-0.2, 0) is 22.6 Å². The molecular formula is C21H35N3O3. The minimum atomic E-state index is 0.00298. The van der Waals surface area contributed by atoms with E-state index >= 15 is 0 Å². The summed E-state index contributed by atoms with van der Waals surface area (Å²) in [5, 5.41) is 16.1. The van der Waals surface area contributed by atoms with Gasteiger partial charge in [-0.2, -0.15) is 0 Å². The number of aliphatic hydroxyl groups is 1. The number of guanidine groups is 1. The van der Waals surface area contributed by atoms with Crippen LogP contribution < -0.4 is 10.6 Å². The first-order valence-electron chi connectivity index (χ1n) is 9.97. The Kier molecular flexibility index (Phi) is 9.04. The summed E-state index contributed by atoms with van der Waals surface area (Å²) in [5.74, 6) is 0.800. The number of nitrogens with one attached hydrogen (secondary N) is 2. The Balaban J connectivity index is 1.90. The summed E-state index contributed by atoms with van der Waals surface area (Å²) >= 11 is 0. The van der Waals surface area contributed by atoms with Gasteiger partial charge in [-0.3, -0.25) is 0 Å². The van der Waals surface area contributed by atoms with Crippen molar-refractivity contribution in [3.63, 3.8) is 0 Å². The molecule has 3 N–H and O–H groups in total. The Morgan fingerprint density at radius 2 is 2.00 bits per heavy atom. The lowest BCUT2D eigenvalue weighted by Crippen LogP contribution is -2.44. The molecule has 0 amide bonds. The summed E-state index contributed by atoms with van der Waals surface area (Å²) in [6, 6.07) is 8.40. The van der Waals surface area contributed by atoms with Crippen LogP contribution in [0.1, 0.15) is 44.7 Å². The quantitative estimate of drug-likeness (QED) is 0.431. The lowest BCUT2D eigenvalue weighted by molar-refractivity contribution is 0.0657. The van der Waals surface area contributed by atoms with Gasteiger partial charge in [0.05, 0.1) is 25.9 Å². The van der Waals surface area contributed by atoms with Gasteiger partial charge in [0, 0.05) is 31.7 Å². The van der Waals surface area contributed by atoms with Crippen molar-refractivity contribution in [1.82, 2.24) is 10.6 Å². The summed E-state index contributed by atoms with van der Waals surface area (Å²) < 4.78 is 11.2. The zero-order valence-corrected chi connectivity index (χ0v) is 17.0. The van der Waals surface area contributed by atoms with Gasteiger partial charge in [0.25, 0.3) is 0 Å². The Hall–Kier alpha value is -1.63. The highest BCUT2D eigenvalue weighted by Crippen LogP contribution is 2.31. The fourth-order valence-corrected chi connectivity index (χ4v) is 3.10. The monoisotopic (exact) mass is 377 g/mol. The van der Waals surface area contributed by atoms with Gasteiger partial charge in [-0.25, -0.2) is 4.99 Å². The van der Waals surface area contributed by atoms with Gasteiger partial charge in [0.1, 0.15) is 0 Å². The fourth-order valence-electron chi connectivity index (χ4n) is 3.10. The predicted molar refractivity (Wildman–Crippen MR) is 109 cm³/mol. The Bertz CT molecular complexity index is 567. The minimum Gasteiger partial charge on any atom is -0.396 e. The van der Waals surface area contributed by atoms with Crippen molar-refractivity contribution in [2.24, 2.45) is 10.4 Å². The van der Waals surface area contributed by atoms with E-state index in [4.69, 9.17) is 14.5 Å². The van der Waals surface area contributed by atoms with Crippen LogP contribution in [0.5, 0.6) is 0 Å². The molecule has 0 aromatic heterocycles. The highest BCUT2D eigenvalue weighted by molar-refractivity contribution is 5.79. The zero-order chi connectivity index (χ0) is 19.5. The normalized spacial score (nSPS) is 20.3. The van der Waals surface area contributed by atoms with E-state index in [2.05, 4.69) is 41.8 Å². The molecule has 0 bridgehead atoms. The van der Waals surface area contributed by atoms with E-state index < -0.39 is 0 Å². The number of aliphatic hydroxyl groups excluding tert-OH is 1. The third-order valence-corrected chi connectivity index (χ3v) is 4.83. The van der Waals surface area contributed by atoms with Crippen LogP contribution in [0.4, 0.5) is 0 Å². The first kappa shape index (κ1) is 21.7. The van der Waals surface area contributed by atoms with Crippen molar-refractivity contribution in [2.45, 2.75) is 52.9 Å². The fraction of sp³-hybridized carbons (Fsp3) is 0.667. The lowest BCUT2D eigenvalue weighted by atomic mass is 9.84. The Morgan fingerprint density at radius 3 is 2.59 bits per heavy atom. The summed E-state index contributed by atoms with van der Waals surface area (Å²) in [6.07, 6.45) is 1.96. The molecule has 0 radical (unpaired) electrons. The summed E-state index contributed by atoms with van der Waals surface area (Å²) in [6.45, 7) is 10.6. The van der Waals surface area contributed by atoms with Crippen LogP contribution in [0.15, 0.2) is 29.3 Å². The molecule has 1 unspecified atom stereocenters. The van der Waals surface area contributed by atoms with E-state index in [1.54, 1.807) is 0 Å². The first-order chi connectivity index (χ1) is 13.1. The molecular weight excluding hydrogens is 342 g/mol. The molecule has 152 valence electrons. The molecule has 6 heteroatoms. The maximum Gasteiger partial charge on any atom is 0.191 e. The zero-order valence-electron chi connectivity index (χ0n) is 17.0. The second kappa shape index (κ2) is 11.3. The average molecular weight is 378 g/mol. The molecule has 1 aliphatic heterocycles. The molecule has 0 spiro atoms. The van der Waals surface area contributed by atoms with Gasteiger partial charge >= 0.3 is 0 Å². The van der Waals surface area contributed by atoms with Crippen molar-refractivity contribution in [3.8, 4) is 0 Å². The van der Waals surface area contributed by atoms with Crippen molar-refractivity contribution < 1.29 is 14.6 Å². The molecule has 1 aromatic rings. The molecule has 1 fully saturated rings. The topological polar surface area (TPSA) is 75.1 Å². The predicted octanol–water partition coefficient (Wildman–Crippen LogP) is 2.46. The van der Waals surface area contributed by atoms with Crippen LogP contribution in [0, 0.1) is 5.41 Å². The summed E-state index contributed by atoms with van der Waals surface area (Å²) in [5.41, 5.74) is 2.34. The van der Waals surface area contributed by atoms with Crippen LogP contribution in [0.3, 0.4) is 0 Å². The molecule has 1 heterocycles. The standard InChI is InChI=1S/C21H35N3O3/c1-4-22-20(24-15-21(9-11-25)10-12-26-16-21)23-13-18-5-7-19(8-6-18)14-27-17(2)3/h5-8,17,25H,4,9-16H2,1-3H3,(H2,22,23,24). The van der Waals surface area contributed by atoms with Gasteiger partial charge in [0.2, 0.25) is 0 Å². The van der Waals surface area contributed by atoms with Crippen LogP contribution in [0.25, 0.3) is 0 Å². The highest BCUT2D eigenvalue weighted by atomic mass is 16.5. The maximum atomic E-state index is 9.37. The van der Waals surface area contributed by atoms with Gasteiger partial charge in [-0.05, 0) is 44.7 Å². The molecule has 27 heavy (non-hydrogen) atoms. The molecule has 0 aliphatic carbocycles. The largest absolute Gasteiger partial charge is 0.396 e. The third-order valence-electron chi connectivity index (χ3n) is 4.83. The summed E-state index contributed by atoms with van der Waals surface area (Å²) in [7, 11) is 0. The molecule has 6 nitrogen and oxygen atoms in total. The van der Waals surface area contributed by atoms with Crippen molar-refractivity contribution >= 4 is 5.96 Å². The van der Waals surface area contributed by atoms with E-state index in [9.17, 15) is 5.11 Å². The average Bonchev–Trinajstić information content (AvgIpc) is 3.12. The third kappa shape index (κ3) is 7.48. The van der Waals surface area contributed by atoms with Crippen molar-refractivity contribution in [3.05, 3.63) is 35.4 Å². The lowest BCUT2D eigenvalue weighted by Gasteiger charge is -2.27. The minimum absolute atomic E-state index is 0.00298. The molecule has 1 aromatic carbocycles. The smallest absolute Gasteiger partial charge is 0.191 e. The van der Waals surface area contributed by atoms with E-state index in [1.165, 1.54) is 5.56 Å². The van der Waals surface area contributed by atoms with Crippen LogP contribution >= 0.6 is 0 Å². The number of hydrogen-bond acceptors (Lipinski definition) is 4. The SMILES string of the molecule is CCNC(=NCc1ccc(COC(C)C)cc1)NCC1(CCO)CCOC1. The van der Waals surface area contributed by atoms with Crippen molar-refractivity contribution in [1.29, 1.82) is 0 Å². The summed E-state index contributed by atoms with van der Waals surface area (Å²) in [4.78, 5) is 4.70. The Labute approximate surface area is 163 Å². The van der Waals surface area contributed by atoms with E-state index in [0.717, 1.165) is 44.1 Å². The first-order valence-corrected chi connectivity index (χ1v) is 9.97. The van der Waals surface area contributed by atoms with Gasteiger partial charge in [-0.1, -0.05) is 24.3 Å². The van der Waals surface area contributed by atoms with Gasteiger partial charge < -0.3 is 25.2 Å². The number of benzene rings is 1.